The Labute approximate surface area is 84.9 Å². The van der Waals surface area contributed by atoms with Crippen molar-refractivity contribution in [3.8, 4) is 5.75 Å². The van der Waals surface area contributed by atoms with Crippen molar-refractivity contribution >= 4 is 5.78 Å². The van der Waals surface area contributed by atoms with Gasteiger partial charge in [-0.1, -0.05) is 25.1 Å². The zero-order chi connectivity index (χ0) is 10.4. The summed E-state index contributed by atoms with van der Waals surface area (Å²) in [4.78, 5) is 11.1. The molecule has 2 nitrogen and oxygen atoms in total. The summed E-state index contributed by atoms with van der Waals surface area (Å²) in [5.41, 5.74) is 0. The molecule has 0 saturated carbocycles. The van der Waals surface area contributed by atoms with Crippen LogP contribution in [0.4, 0.5) is 0 Å². The molecule has 14 heavy (non-hydrogen) atoms. The standard InChI is InChI=1S/C12H16O2/c1-3-11(10(2)13)9-14-12-7-5-4-6-8-12/h4-8,11H,3,9H2,1-2H3. The van der Waals surface area contributed by atoms with E-state index in [1.54, 1.807) is 6.92 Å². The second-order valence-corrected chi connectivity index (χ2v) is 3.34. The molecular weight excluding hydrogens is 176 g/mol. The average Bonchev–Trinajstić information content (AvgIpc) is 2.20. The molecule has 1 unspecified atom stereocenters. The molecule has 1 rings (SSSR count). The van der Waals surface area contributed by atoms with Gasteiger partial charge in [-0.2, -0.15) is 0 Å². The number of carbonyl (C=O) groups is 1. The molecule has 0 bridgehead atoms. The van der Waals surface area contributed by atoms with Crippen molar-refractivity contribution in [2.24, 2.45) is 5.92 Å². The monoisotopic (exact) mass is 192 g/mol. The minimum atomic E-state index is 0.0233. The lowest BCUT2D eigenvalue weighted by molar-refractivity contribution is -0.121. The van der Waals surface area contributed by atoms with E-state index < -0.39 is 0 Å². The molecule has 76 valence electrons. The number of hydrogen-bond donors (Lipinski definition) is 0. The summed E-state index contributed by atoms with van der Waals surface area (Å²) < 4.78 is 5.50. The van der Waals surface area contributed by atoms with E-state index in [0.29, 0.717) is 6.61 Å². The molecule has 0 aliphatic heterocycles. The number of hydrogen-bond acceptors (Lipinski definition) is 2. The fourth-order valence-electron chi connectivity index (χ4n) is 1.24. The number of benzene rings is 1. The zero-order valence-electron chi connectivity index (χ0n) is 8.69. The summed E-state index contributed by atoms with van der Waals surface area (Å²) in [5, 5.41) is 0. The van der Waals surface area contributed by atoms with Gasteiger partial charge in [0.1, 0.15) is 11.5 Å². The van der Waals surface area contributed by atoms with Crippen LogP contribution in [0.3, 0.4) is 0 Å². The van der Waals surface area contributed by atoms with Crippen molar-refractivity contribution in [1.29, 1.82) is 0 Å². The average molecular weight is 192 g/mol. The van der Waals surface area contributed by atoms with Crippen molar-refractivity contribution in [3.63, 3.8) is 0 Å². The van der Waals surface area contributed by atoms with E-state index >= 15 is 0 Å². The first kappa shape index (κ1) is 10.8. The number of rotatable bonds is 5. The van der Waals surface area contributed by atoms with Gasteiger partial charge in [-0.3, -0.25) is 4.79 Å². The van der Waals surface area contributed by atoms with Gasteiger partial charge in [0.2, 0.25) is 0 Å². The van der Waals surface area contributed by atoms with Gasteiger partial charge in [-0.25, -0.2) is 0 Å². The molecule has 0 fully saturated rings. The summed E-state index contributed by atoms with van der Waals surface area (Å²) >= 11 is 0. The maximum absolute atomic E-state index is 11.1. The van der Waals surface area contributed by atoms with E-state index in [0.717, 1.165) is 12.2 Å². The van der Waals surface area contributed by atoms with Crippen LogP contribution in [0.15, 0.2) is 30.3 Å². The third-order valence-electron chi connectivity index (χ3n) is 2.26. The number of carbonyl (C=O) groups excluding carboxylic acids is 1. The third-order valence-corrected chi connectivity index (χ3v) is 2.26. The predicted octanol–water partition coefficient (Wildman–Crippen LogP) is 2.68. The van der Waals surface area contributed by atoms with Crippen molar-refractivity contribution in [2.75, 3.05) is 6.61 Å². The second-order valence-electron chi connectivity index (χ2n) is 3.34. The van der Waals surface area contributed by atoms with E-state index in [1.807, 2.05) is 37.3 Å². The molecular formula is C12H16O2. The first-order valence-corrected chi connectivity index (χ1v) is 4.92. The summed E-state index contributed by atoms with van der Waals surface area (Å²) in [5.74, 6) is 1.05. The minimum absolute atomic E-state index is 0.0233. The molecule has 2 heteroatoms. The minimum Gasteiger partial charge on any atom is -0.493 e. The lowest BCUT2D eigenvalue weighted by Crippen LogP contribution is -2.18. The normalized spacial score (nSPS) is 12.1. The van der Waals surface area contributed by atoms with Crippen molar-refractivity contribution < 1.29 is 9.53 Å². The topological polar surface area (TPSA) is 26.3 Å². The molecule has 0 heterocycles. The van der Waals surface area contributed by atoms with Gasteiger partial charge in [-0.15, -0.1) is 0 Å². The van der Waals surface area contributed by atoms with E-state index in [-0.39, 0.29) is 11.7 Å². The molecule has 0 aliphatic rings. The first-order chi connectivity index (χ1) is 6.74. The largest absolute Gasteiger partial charge is 0.493 e. The maximum Gasteiger partial charge on any atom is 0.136 e. The quantitative estimate of drug-likeness (QED) is 0.717. The molecule has 0 aliphatic carbocycles. The van der Waals surface area contributed by atoms with Gasteiger partial charge in [0.15, 0.2) is 0 Å². The Bertz CT molecular complexity index is 280. The first-order valence-electron chi connectivity index (χ1n) is 4.92. The van der Waals surface area contributed by atoms with Crippen LogP contribution in [0.1, 0.15) is 20.3 Å². The Morgan fingerprint density at radius 3 is 2.50 bits per heavy atom. The second kappa shape index (κ2) is 5.43. The van der Waals surface area contributed by atoms with E-state index in [2.05, 4.69) is 0 Å². The fourth-order valence-corrected chi connectivity index (χ4v) is 1.24. The Balaban J connectivity index is 2.44. The molecule has 0 radical (unpaired) electrons. The van der Waals surface area contributed by atoms with E-state index in [4.69, 9.17) is 4.74 Å². The smallest absolute Gasteiger partial charge is 0.136 e. The molecule has 0 saturated heterocycles. The van der Waals surface area contributed by atoms with Gasteiger partial charge >= 0.3 is 0 Å². The summed E-state index contributed by atoms with van der Waals surface area (Å²) in [6.45, 7) is 4.10. The van der Waals surface area contributed by atoms with Crippen molar-refractivity contribution in [3.05, 3.63) is 30.3 Å². The maximum atomic E-state index is 11.1. The highest BCUT2D eigenvalue weighted by atomic mass is 16.5. The number of ether oxygens (including phenoxy) is 1. The highest BCUT2D eigenvalue weighted by molar-refractivity contribution is 5.78. The van der Waals surface area contributed by atoms with Gasteiger partial charge in [0, 0.05) is 0 Å². The summed E-state index contributed by atoms with van der Waals surface area (Å²) in [6, 6.07) is 9.57. The van der Waals surface area contributed by atoms with Gasteiger partial charge in [0.25, 0.3) is 0 Å². The number of ketones is 1. The van der Waals surface area contributed by atoms with Crippen LogP contribution >= 0.6 is 0 Å². The summed E-state index contributed by atoms with van der Waals surface area (Å²) in [7, 11) is 0. The fraction of sp³-hybridized carbons (Fsp3) is 0.417. The Morgan fingerprint density at radius 1 is 1.36 bits per heavy atom. The Morgan fingerprint density at radius 2 is 2.00 bits per heavy atom. The van der Waals surface area contributed by atoms with Crippen LogP contribution in [-0.4, -0.2) is 12.4 Å². The summed E-state index contributed by atoms with van der Waals surface area (Å²) in [6.07, 6.45) is 0.835. The molecule has 0 aromatic heterocycles. The Hall–Kier alpha value is -1.31. The van der Waals surface area contributed by atoms with Crippen LogP contribution in [0, 0.1) is 5.92 Å². The van der Waals surface area contributed by atoms with E-state index in [1.165, 1.54) is 0 Å². The van der Waals surface area contributed by atoms with Crippen LogP contribution < -0.4 is 4.74 Å². The number of para-hydroxylation sites is 1. The molecule has 0 spiro atoms. The highest BCUT2D eigenvalue weighted by Crippen LogP contribution is 2.11. The zero-order valence-corrected chi connectivity index (χ0v) is 8.69. The predicted molar refractivity (Wildman–Crippen MR) is 56.4 cm³/mol. The highest BCUT2D eigenvalue weighted by Gasteiger charge is 2.11. The van der Waals surface area contributed by atoms with Gasteiger partial charge in [-0.05, 0) is 25.5 Å². The van der Waals surface area contributed by atoms with Crippen LogP contribution in [-0.2, 0) is 4.79 Å². The molecule has 1 aromatic rings. The van der Waals surface area contributed by atoms with Crippen molar-refractivity contribution in [2.45, 2.75) is 20.3 Å². The van der Waals surface area contributed by atoms with Gasteiger partial charge in [0.05, 0.1) is 12.5 Å². The van der Waals surface area contributed by atoms with Crippen LogP contribution in [0.2, 0.25) is 0 Å². The number of Topliss-reactive ketones (excluding diaryl/α,β-unsaturated/α-hetero) is 1. The lowest BCUT2D eigenvalue weighted by Gasteiger charge is -2.12. The van der Waals surface area contributed by atoms with Gasteiger partial charge < -0.3 is 4.74 Å². The molecule has 1 atom stereocenters. The Kier molecular flexibility index (Phi) is 4.17. The SMILES string of the molecule is CCC(COc1ccccc1)C(C)=O. The third kappa shape index (κ3) is 3.21. The molecule has 0 amide bonds. The van der Waals surface area contributed by atoms with Crippen LogP contribution in [0.5, 0.6) is 5.75 Å². The van der Waals surface area contributed by atoms with Crippen LogP contribution in [0.25, 0.3) is 0 Å². The molecule has 1 aromatic carbocycles. The molecule has 0 N–H and O–H groups in total. The van der Waals surface area contributed by atoms with E-state index in [9.17, 15) is 4.79 Å². The van der Waals surface area contributed by atoms with Crippen molar-refractivity contribution in [1.82, 2.24) is 0 Å². The lowest BCUT2D eigenvalue weighted by atomic mass is 10.0.